The fourth-order valence-electron chi connectivity index (χ4n) is 10.4. The zero-order valence-corrected chi connectivity index (χ0v) is 69.0. The summed E-state index contributed by atoms with van der Waals surface area (Å²) >= 11 is 0. The summed E-state index contributed by atoms with van der Waals surface area (Å²) in [5, 5.41) is 10.7. The third-order valence-electron chi connectivity index (χ3n) is 16.6. The van der Waals surface area contributed by atoms with Crippen molar-refractivity contribution in [2.45, 2.75) is 329 Å². The standard InChI is InChI=1S/C89H146O17P2/c1-5-9-13-17-21-25-29-33-37-39-41-43-47-49-53-57-61-65-69-73-86(91)99-79-84(105-88(93)75-71-67-63-59-55-51-45-35-31-27-23-19-15-11-7-3)81-103-107(95,96)101-77-83(90)78-102-108(97,98)104-82-85(106-89(94)76-72-68-64-60-56-52-46-36-32-28-24-20-16-12-8-4)80-100-87(92)74-70-66-62-58-54-50-48-44-42-40-38-34-30-26-22-18-14-10-6-2/h9-10,13-14,21-28,33-38,41-46,49-50,53-54,83-85,90H,5-8,11-12,15-20,29-32,39-40,47-48,51-52,55-82H2,1-4H3,(H,95,96)(H,97,98)/b13-9-,14-10-,25-21-,26-22-,27-23-,28-24-,37-33-,38-34-,43-41-,44-42-,45-35-,46-36-,53-49-,54-50-/t84-,85-/m1/s1. The van der Waals surface area contributed by atoms with Gasteiger partial charge in [0, 0.05) is 25.7 Å². The second-order valence-corrected chi connectivity index (χ2v) is 29.8. The average molecular weight is 1550 g/mol. The average Bonchev–Trinajstić information content (AvgIpc) is 0.923. The first-order chi connectivity index (χ1) is 52.7. The van der Waals surface area contributed by atoms with Crippen molar-refractivity contribution in [3.05, 3.63) is 170 Å². The molecular weight excluding hydrogens is 1400 g/mol. The van der Waals surface area contributed by atoms with Crippen LogP contribution in [0.3, 0.4) is 0 Å². The molecule has 0 aromatic heterocycles. The van der Waals surface area contributed by atoms with Crippen molar-refractivity contribution in [2.75, 3.05) is 39.6 Å². The van der Waals surface area contributed by atoms with Gasteiger partial charge in [-0.1, -0.05) is 275 Å². The highest BCUT2D eigenvalue weighted by atomic mass is 31.2. The van der Waals surface area contributed by atoms with Crippen LogP contribution in [0.1, 0.15) is 310 Å². The molecule has 3 N–H and O–H groups in total. The number of esters is 4. The number of rotatable bonds is 76. The first-order valence-corrected chi connectivity index (χ1v) is 44.4. The Labute approximate surface area is 654 Å². The number of hydrogen-bond donors (Lipinski definition) is 3. The van der Waals surface area contributed by atoms with E-state index in [-0.39, 0.29) is 25.7 Å². The minimum Gasteiger partial charge on any atom is -0.462 e. The molecule has 108 heavy (non-hydrogen) atoms. The summed E-state index contributed by atoms with van der Waals surface area (Å²) in [7, 11) is -10.0. The quantitative estimate of drug-likeness (QED) is 0.0169. The molecule has 17 nitrogen and oxygen atoms in total. The second kappa shape index (κ2) is 79.5. The van der Waals surface area contributed by atoms with Crippen LogP contribution in [0.2, 0.25) is 0 Å². The van der Waals surface area contributed by atoms with Crippen LogP contribution in [0.4, 0.5) is 0 Å². The number of carbonyl (C=O) groups is 4. The second-order valence-electron chi connectivity index (χ2n) is 26.9. The van der Waals surface area contributed by atoms with Crippen molar-refractivity contribution in [3.8, 4) is 0 Å². The van der Waals surface area contributed by atoms with Gasteiger partial charge in [-0.3, -0.25) is 37.3 Å². The first kappa shape index (κ1) is 102. The zero-order chi connectivity index (χ0) is 78.9. The molecule has 614 valence electrons. The Bertz CT molecular complexity index is 2530. The normalized spacial score (nSPS) is 14.7. The number of aliphatic hydroxyl groups is 1. The highest BCUT2D eigenvalue weighted by Gasteiger charge is 2.30. The lowest BCUT2D eigenvalue weighted by atomic mass is 10.1. The molecule has 0 saturated carbocycles. The van der Waals surface area contributed by atoms with Gasteiger partial charge in [0.25, 0.3) is 0 Å². The van der Waals surface area contributed by atoms with Crippen molar-refractivity contribution < 1.29 is 80.2 Å². The molecule has 19 heteroatoms. The smallest absolute Gasteiger partial charge is 0.462 e. The van der Waals surface area contributed by atoms with Crippen molar-refractivity contribution >= 4 is 39.5 Å². The molecule has 0 rings (SSSR count). The van der Waals surface area contributed by atoms with Crippen LogP contribution in [0, 0.1) is 0 Å². The van der Waals surface area contributed by atoms with Gasteiger partial charge in [0.05, 0.1) is 26.4 Å². The van der Waals surface area contributed by atoms with E-state index in [0.29, 0.717) is 25.7 Å². The number of unbranched alkanes of at least 4 members (excludes halogenated alkanes) is 22. The van der Waals surface area contributed by atoms with Gasteiger partial charge in [-0.05, 0) is 180 Å². The molecule has 0 bridgehead atoms. The molecule has 0 aromatic rings. The molecule has 0 aliphatic carbocycles. The van der Waals surface area contributed by atoms with Crippen LogP contribution in [0.5, 0.6) is 0 Å². The Kier molecular flexibility index (Phi) is 75.4. The fraction of sp³-hybridized carbons (Fsp3) is 0.640. The van der Waals surface area contributed by atoms with Gasteiger partial charge in [-0.2, -0.15) is 0 Å². The Morgan fingerprint density at radius 2 is 0.481 bits per heavy atom. The van der Waals surface area contributed by atoms with E-state index >= 15 is 0 Å². The number of phosphoric ester groups is 2. The Balaban J connectivity index is 5.46. The van der Waals surface area contributed by atoms with Crippen LogP contribution in [0.15, 0.2) is 170 Å². The van der Waals surface area contributed by atoms with Gasteiger partial charge in [-0.15, -0.1) is 0 Å². The van der Waals surface area contributed by atoms with Gasteiger partial charge < -0.3 is 33.8 Å². The topological polar surface area (TPSA) is 237 Å². The van der Waals surface area contributed by atoms with Crippen LogP contribution in [-0.4, -0.2) is 96.7 Å². The Morgan fingerprint density at radius 1 is 0.269 bits per heavy atom. The van der Waals surface area contributed by atoms with E-state index in [9.17, 15) is 43.2 Å². The number of allylic oxidation sites excluding steroid dienone is 28. The van der Waals surface area contributed by atoms with Gasteiger partial charge in [-0.25, -0.2) is 9.13 Å². The third-order valence-corrected chi connectivity index (χ3v) is 18.5. The molecule has 4 atom stereocenters. The molecule has 0 aromatic carbocycles. The molecule has 0 aliphatic rings. The SMILES string of the molecule is CC/C=C\C/C=C\C/C=C\C/C=C\C/C=C\CCCCCC(=O)OC[C@H](COP(=O)(O)OCC(O)COP(=O)(O)OC[C@@H](COC(=O)CCCCC/C=C\C/C=C\C/C=C\C/C=C\C/C=C\CC)OC(=O)CCCCCCC/C=C\C/C=C\CCCCC)OC(=O)CCCCCCC/C=C\C/C=C\CCCCC. The summed E-state index contributed by atoms with van der Waals surface area (Å²) in [4.78, 5) is 73.2. The maximum absolute atomic E-state index is 13.1. The molecule has 0 heterocycles. The predicted molar refractivity (Wildman–Crippen MR) is 445 cm³/mol. The van der Waals surface area contributed by atoms with Crippen molar-refractivity contribution in [3.63, 3.8) is 0 Å². The molecule has 2 unspecified atom stereocenters. The van der Waals surface area contributed by atoms with Crippen LogP contribution < -0.4 is 0 Å². The van der Waals surface area contributed by atoms with Crippen LogP contribution >= 0.6 is 15.6 Å². The highest BCUT2D eigenvalue weighted by Crippen LogP contribution is 2.45. The maximum Gasteiger partial charge on any atom is 0.472 e. The summed E-state index contributed by atoms with van der Waals surface area (Å²) in [6, 6.07) is 0. The van der Waals surface area contributed by atoms with Crippen molar-refractivity contribution in [1.82, 2.24) is 0 Å². The molecule has 0 saturated heterocycles. The molecule has 0 amide bonds. The van der Waals surface area contributed by atoms with E-state index in [2.05, 4.69) is 198 Å². The maximum atomic E-state index is 13.1. The lowest BCUT2D eigenvalue weighted by molar-refractivity contribution is -0.161. The van der Waals surface area contributed by atoms with Gasteiger partial charge >= 0.3 is 39.5 Å². The number of phosphoric acid groups is 2. The van der Waals surface area contributed by atoms with Crippen LogP contribution in [0.25, 0.3) is 0 Å². The molecule has 0 radical (unpaired) electrons. The predicted octanol–water partition coefficient (Wildman–Crippen LogP) is 24.6. The fourth-order valence-corrected chi connectivity index (χ4v) is 12.0. The van der Waals surface area contributed by atoms with Crippen molar-refractivity contribution in [2.24, 2.45) is 0 Å². The van der Waals surface area contributed by atoms with E-state index in [4.69, 9.17) is 37.0 Å². The first-order valence-electron chi connectivity index (χ1n) is 41.4. The minimum atomic E-state index is -5.00. The van der Waals surface area contributed by atoms with Crippen LogP contribution in [-0.2, 0) is 65.4 Å². The summed E-state index contributed by atoms with van der Waals surface area (Å²) in [6.07, 6.45) is 94.6. The van der Waals surface area contributed by atoms with Gasteiger partial charge in [0.2, 0.25) is 0 Å². The number of aliphatic hydroxyl groups excluding tert-OH is 1. The molecule has 0 spiro atoms. The van der Waals surface area contributed by atoms with E-state index in [1.165, 1.54) is 38.5 Å². The molecule has 0 fully saturated rings. The van der Waals surface area contributed by atoms with Gasteiger partial charge in [0.1, 0.15) is 19.3 Å². The minimum absolute atomic E-state index is 0.0648. The number of hydrogen-bond acceptors (Lipinski definition) is 15. The summed E-state index contributed by atoms with van der Waals surface area (Å²) in [5.41, 5.74) is 0. The Hall–Kier alpha value is -5.58. The van der Waals surface area contributed by atoms with E-state index in [1.54, 1.807) is 0 Å². The number of carbonyl (C=O) groups excluding carboxylic acids is 4. The lowest BCUT2D eigenvalue weighted by Crippen LogP contribution is -2.30. The van der Waals surface area contributed by atoms with Crippen molar-refractivity contribution in [1.29, 1.82) is 0 Å². The third kappa shape index (κ3) is 78.5. The van der Waals surface area contributed by atoms with Gasteiger partial charge in [0.15, 0.2) is 12.2 Å². The molecular formula is C89H146O17P2. The lowest BCUT2D eigenvalue weighted by Gasteiger charge is -2.21. The van der Waals surface area contributed by atoms with E-state index in [1.807, 2.05) is 0 Å². The molecule has 0 aliphatic heterocycles. The Morgan fingerprint density at radius 3 is 0.750 bits per heavy atom. The van der Waals surface area contributed by atoms with E-state index in [0.717, 1.165) is 193 Å². The highest BCUT2D eigenvalue weighted by molar-refractivity contribution is 7.47. The summed E-state index contributed by atoms with van der Waals surface area (Å²) < 4.78 is 68.7. The summed E-state index contributed by atoms with van der Waals surface area (Å²) in [5.74, 6) is -2.29. The monoisotopic (exact) mass is 1550 g/mol. The zero-order valence-electron chi connectivity index (χ0n) is 67.2. The van der Waals surface area contributed by atoms with E-state index < -0.39 is 97.5 Å². The largest absolute Gasteiger partial charge is 0.472 e. The number of ether oxygens (including phenoxy) is 4. The summed E-state index contributed by atoms with van der Waals surface area (Å²) in [6.45, 7) is 4.49.